The molecule has 1 atom stereocenters. The molecule has 0 saturated heterocycles. The lowest BCUT2D eigenvalue weighted by atomic mass is 10.0. The Bertz CT molecular complexity index is 821. The third-order valence-electron chi connectivity index (χ3n) is 3.70. The van der Waals surface area contributed by atoms with Gasteiger partial charge in [0.15, 0.2) is 0 Å². The van der Waals surface area contributed by atoms with Gasteiger partial charge in [0.1, 0.15) is 4.90 Å². The lowest BCUT2D eigenvalue weighted by molar-refractivity contribution is -0.121. The Hall–Kier alpha value is -1.41. The van der Waals surface area contributed by atoms with Gasteiger partial charge in [-0.3, -0.25) is 4.79 Å². The van der Waals surface area contributed by atoms with Crippen molar-refractivity contribution in [1.82, 2.24) is 10.0 Å². The van der Waals surface area contributed by atoms with E-state index >= 15 is 0 Å². The standard InChI is InChI=1S/C18H23ClN2O3S2/c1-13(2)12-15(16-7-5-11-25-16)21-18(22)9-10-20-26(23,24)17-8-4-3-6-14(17)19/h3-8,11,13,15,20H,9-10,12H2,1-2H3,(H,21,22). The quantitative estimate of drug-likeness (QED) is 0.651. The first kappa shape index (κ1) is 20.9. The second-order valence-electron chi connectivity index (χ2n) is 6.34. The maximum absolute atomic E-state index is 12.3. The molecule has 2 rings (SSSR count). The molecule has 0 aliphatic heterocycles. The van der Waals surface area contributed by atoms with Crippen LogP contribution in [0.3, 0.4) is 0 Å². The molecule has 142 valence electrons. The SMILES string of the molecule is CC(C)CC(NC(=O)CCNS(=O)(=O)c1ccccc1Cl)c1cccs1. The number of benzene rings is 1. The Morgan fingerprint density at radius 2 is 1.92 bits per heavy atom. The number of sulfonamides is 1. The molecule has 8 heteroatoms. The Kier molecular flexibility index (Phi) is 7.64. The van der Waals surface area contributed by atoms with E-state index in [-0.39, 0.29) is 34.8 Å². The zero-order valence-corrected chi connectivity index (χ0v) is 17.1. The molecule has 2 N–H and O–H groups in total. The van der Waals surface area contributed by atoms with Gasteiger partial charge >= 0.3 is 0 Å². The van der Waals surface area contributed by atoms with Crippen LogP contribution in [0.4, 0.5) is 0 Å². The average molecular weight is 415 g/mol. The summed E-state index contributed by atoms with van der Waals surface area (Å²) in [5, 5.41) is 5.13. The van der Waals surface area contributed by atoms with Crippen molar-refractivity contribution in [1.29, 1.82) is 0 Å². The van der Waals surface area contributed by atoms with Crippen molar-refractivity contribution in [2.45, 2.75) is 37.6 Å². The first-order valence-corrected chi connectivity index (χ1v) is 11.1. The van der Waals surface area contributed by atoms with E-state index in [0.717, 1.165) is 11.3 Å². The van der Waals surface area contributed by atoms with Crippen LogP contribution in [-0.4, -0.2) is 20.9 Å². The minimum atomic E-state index is -3.74. The fourth-order valence-corrected chi connectivity index (χ4v) is 4.85. The summed E-state index contributed by atoms with van der Waals surface area (Å²) in [4.78, 5) is 13.4. The topological polar surface area (TPSA) is 75.3 Å². The van der Waals surface area contributed by atoms with Crippen LogP contribution in [0.15, 0.2) is 46.7 Å². The van der Waals surface area contributed by atoms with Crippen LogP contribution >= 0.6 is 22.9 Å². The van der Waals surface area contributed by atoms with E-state index in [1.807, 2.05) is 17.5 Å². The summed E-state index contributed by atoms with van der Waals surface area (Å²) in [6.45, 7) is 4.22. The molecule has 0 aliphatic rings. The molecule has 0 aliphatic carbocycles. The van der Waals surface area contributed by atoms with Gasteiger partial charge in [-0.05, 0) is 35.9 Å². The number of rotatable bonds is 9. The van der Waals surface area contributed by atoms with Crippen molar-refractivity contribution < 1.29 is 13.2 Å². The number of hydrogen-bond acceptors (Lipinski definition) is 4. The van der Waals surface area contributed by atoms with E-state index < -0.39 is 10.0 Å². The first-order chi connectivity index (χ1) is 12.3. The monoisotopic (exact) mass is 414 g/mol. The zero-order valence-electron chi connectivity index (χ0n) is 14.7. The summed E-state index contributed by atoms with van der Waals surface area (Å²) in [7, 11) is -3.74. The summed E-state index contributed by atoms with van der Waals surface area (Å²) < 4.78 is 27.0. The summed E-state index contributed by atoms with van der Waals surface area (Å²) >= 11 is 7.53. The predicted molar refractivity (Wildman–Crippen MR) is 106 cm³/mol. The van der Waals surface area contributed by atoms with Gasteiger partial charge in [0.05, 0.1) is 11.1 Å². The molecule has 26 heavy (non-hydrogen) atoms. The fraction of sp³-hybridized carbons (Fsp3) is 0.389. The minimum Gasteiger partial charge on any atom is -0.348 e. The van der Waals surface area contributed by atoms with E-state index in [9.17, 15) is 13.2 Å². The number of carbonyl (C=O) groups is 1. The fourth-order valence-electron chi connectivity index (χ4n) is 2.51. The molecule has 0 fully saturated rings. The zero-order chi connectivity index (χ0) is 19.2. The van der Waals surface area contributed by atoms with Crippen molar-refractivity contribution in [3.8, 4) is 0 Å². The normalized spacial score (nSPS) is 12.9. The molecule has 1 aromatic heterocycles. The van der Waals surface area contributed by atoms with Crippen LogP contribution in [-0.2, 0) is 14.8 Å². The highest BCUT2D eigenvalue weighted by Crippen LogP contribution is 2.25. The number of thiophene rings is 1. The van der Waals surface area contributed by atoms with Crippen molar-refractivity contribution in [2.24, 2.45) is 5.92 Å². The molecule has 0 radical (unpaired) electrons. The summed E-state index contributed by atoms with van der Waals surface area (Å²) in [6.07, 6.45) is 0.890. The number of nitrogens with one attached hydrogen (secondary N) is 2. The van der Waals surface area contributed by atoms with Crippen LogP contribution in [0.5, 0.6) is 0 Å². The Balaban J connectivity index is 1.90. The van der Waals surface area contributed by atoms with Crippen molar-refractivity contribution in [3.05, 3.63) is 51.7 Å². The van der Waals surface area contributed by atoms with Crippen molar-refractivity contribution >= 4 is 38.9 Å². The summed E-state index contributed by atoms with van der Waals surface area (Å²) in [5.74, 6) is 0.243. The number of halogens is 1. The van der Waals surface area contributed by atoms with Gasteiger partial charge in [0, 0.05) is 17.8 Å². The van der Waals surface area contributed by atoms with Gasteiger partial charge < -0.3 is 5.32 Å². The average Bonchev–Trinajstić information content (AvgIpc) is 3.08. The number of carbonyl (C=O) groups excluding carboxylic acids is 1. The Morgan fingerprint density at radius 1 is 1.19 bits per heavy atom. The van der Waals surface area contributed by atoms with Crippen LogP contribution in [0.1, 0.15) is 37.6 Å². The first-order valence-electron chi connectivity index (χ1n) is 8.36. The predicted octanol–water partition coefficient (Wildman–Crippen LogP) is 3.97. The molecule has 5 nitrogen and oxygen atoms in total. The highest BCUT2D eigenvalue weighted by molar-refractivity contribution is 7.89. The third-order valence-corrected chi connectivity index (χ3v) is 6.65. The lowest BCUT2D eigenvalue weighted by Crippen LogP contribution is -2.33. The van der Waals surface area contributed by atoms with Gasteiger partial charge in [0.25, 0.3) is 0 Å². The van der Waals surface area contributed by atoms with Gasteiger partial charge in [-0.25, -0.2) is 13.1 Å². The molecular formula is C18H23ClN2O3S2. The van der Waals surface area contributed by atoms with Gasteiger partial charge in [-0.15, -0.1) is 11.3 Å². The van der Waals surface area contributed by atoms with Crippen LogP contribution in [0.25, 0.3) is 0 Å². The van der Waals surface area contributed by atoms with E-state index in [1.54, 1.807) is 23.5 Å². The molecule has 1 unspecified atom stereocenters. The van der Waals surface area contributed by atoms with Gasteiger partial charge in [0.2, 0.25) is 15.9 Å². The summed E-state index contributed by atoms with van der Waals surface area (Å²) in [5.41, 5.74) is 0. The molecular weight excluding hydrogens is 392 g/mol. The molecule has 2 aromatic rings. The third kappa shape index (κ3) is 6.09. The molecule has 0 saturated carbocycles. The molecule has 1 aromatic carbocycles. The molecule has 0 spiro atoms. The molecule has 1 amide bonds. The van der Waals surface area contributed by atoms with Crippen LogP contribution in [0, 0.1) is 5.92 Å². The van der Waals surface area contributed by atoms with Gasteiger partial charge in [-0.2, -0.15) is 0 Å². The number of hydrogen-bond donors (Lipinski definition) is 2. The largest absolute Gasteiger partial charge is 0.348 e. The summed E-state index contributed by atoms with van der Waals surface area (Å²) in [6, 6.07) is 10.1. The Labute approximate surface area is 163 Å². The second kappa shape index (κ2) is 9.50. The highest BCUT2D eigenvalue weighted by Gasteiger charge is 2.19. The maximum atomic E-state index is 12.3. The minimum absolute atomic E-state index is 0.0121. The van der Waals surface area contributed by atoms with E-state index in [4.69, 9.17) is 11.6 Å². The smallest absolute Gasteiger partial charge is 0.242 e. The van der Waals surface area contributed by atoms with Crippen LogP contribution < -0.4 is 10.0 Å². The molecule has 1 heterocycles. The molecule has 0 bridgehead atoms. The van der Waals surface area contributed by atoms with E-state index in [2.05, 4.69) is 23.9 Å². The van der Waals surface area contributed by atoms with Crippen LogP contribution in [0.2, 0.25) is 5.02 Å². The maximum Gasteiger partial charge on any atom is 0.242 e. The van der Waals surface area contributed by atoms with Crippen molar-refractivity contribution in [3.63, 3.8) is 0 Å². The second-order valence-corrected chi connectivity index (χ2v) is 9.47. The highest BCUT2D eigenvalue weighted by atomic mass is 35.5. The lowest BCUT2D eigenvalue weighted by Gasteiger charge is -2.19. The van der Waals surface area contributed by atoms with Crippen molar-refractivity contribution in [2.75, 3.05) is 6.54 Å². The Morgan fingerprint density at radius 3 is 2.54 bits per heavy atom. The van der Waals surface area contributed by atoms with E-state index in [0.29, 0.717) is 5.92 Å². The van der Waals surface area contributed by atoms with Gasteiger partial charge in [-0.1, -0.05) is 43.6 Å². The number of amides is 1. The van der Waals surface area contributed by atoms with E-state index in [1.165, 1.54) is 12.1 Å².